The van der Waals surface area contributed by atoms with E-state index in [4.69, 9.17) is 0 Å². The summed E-state index contributed by atoms with van der Waals surface area (Å²) in [5.74, 6) is -4.15. The molecule has 0 aromatic carbocycles. The zero-order valence-corrected chi connectivity index (χ0v) is 18.2. The highest BCUT2D eigenvalue weighted by Gasteiger charge is 2.46. The average molecular weight is 427 g/mol. The van der Waals surface area contributed by atoms with Crippen molar-refractivity contribution in [1.82, 2.24) is 0 Å². The number of aliphatic hydroxyl groups is 2. The lowest BCUT2D eigenvalue weighted by atomic mass is 9.88. The number of hydrogen-bond acceptors (Lipinski definition) is 8. The molecule has 0 rings (SSSR count). The van der Waals surface area contributed by atoms with E-state index in [9.17, 15) is 29.4 Å². The summed E-state index contributed by atoms with van der Waals surface area (Å²) in [6.45, 7) is 19.3. The van der Waals surface area contributed by atoms with Crippen LogP contribution in [0.1, 0.15) is 27.7 Å². The van der Waals surface area contributed by atoms with Gasteiger partial charge in [0.05, 0.1) is 0 Å². The first-order chi connectivity index (χ1) is 12.6. The Morgan fingerprint density at radius 3 is 0.929 bits per heavy atom. The summed E-state index contributed by atoms with van der Waals surface area (Å²) in [6.07, 6.45) is 0. The summed E-state index contributed by atoms with van der Waals surface area (Å²) in [4.78, 5) is 49.1. The number of carbonyl (C=O) groups is 4. The Bertz CT molecular complexity index is 647. The molecule has 0 aromatic rings. The highest BCUT2D eigenvalue weighted by atomic mass is 33.1. The fourth-order valence-corrected chi connectivity index (χ4v) is 4.69. The van der Waals surface area contributed by atoms with Crippen LogP contribution in [0.4, 0.5) is 0 Å². The quantitative estimate of drug-likeness (QED) is 0.200. The molecule has 2 N–H and O–H groups in total. The second kappa shape index (κ2) is 10.2. The molecule has 0 bridgehead atoms. The topological polar surface area (TPSA) is 109 Å². The zero-order chi connectivity index (χ0) is 22.4. The maximum absolute atomic E-state index is 12.3. The first kappa shape index (κ1) is 26.3. The summed E-state index contributed by atoms with van der Waals surface area (Å²) < 4.78 is 0. The lowest BCUT2D eigenvalue weighted by Gasteiger charge is -2.27. The van der Waals surface area contributed by atoms with E-state index in [1.807, 2.05) is 0 Å². The van der Waals surface area contributed by atoms with Gasteiger partial charge in [0.15, 0.2) is 34.3 Å². The Kier molecular flexibility index (Phi) is 9.52. The fourth-order valence-electron chi connectivity index (χ4n) is 2.13. The lowest BCUT2D eigenvalue weighted by Crippen LogP contribution is -2.50. The molecule has 0 heterocycles. The minimum absolute atomic E-state index is 0.00544. The maximum Gasteiger partial charge on any atom is 0.199 e. The van der Waals surface area contributed by atoms with E-state index in [2.05, 4.69) is 26.3 Å². The number of carbonyl (C=O) groups excluding carboxylic acids is 4. The number of Topliss-reactive ketones (excluding diaryl/α,β-unsaturated/α-hetero) is 4. The van der Waals surface area contributed by atoms with Gasteiger partial charge in [-0.2, -0.15) is 0 Å². The molecule has 0 atom stereocenters. The van der Waals surface area contributed by atoms with Gasteiger partial charge in [-0.15, -0.1) is 0 Å². The van der Waals surface area contributed by atoms with Crippen LogP contribution in [0.5, 0.6) is 0 Å². The molecule has 0 aliphatic carbocycles. The minimum atomic E-state index is -2.37. The van der Waals surface area contributed by atoms with Crippen LogP contribution >= 0.6 is 21.6 Å². The molecule has 0 unspecified atom stereocenters. The van der Waals surface area contributed by atoms with Gasteiger partial charge in [0.1, 0.15) is 0 Å². The van der Waals surface area contributed by atoms with Crippen molar-refractivity contribution < 1.29 is 29.4 Å². The minimum Gasteiger partial charge on any atom is -0.373 e. The van der Waals surface area contributed by atoms with Crippen LogP contribution < -0.4 is 0 Å². The van der Waals surface area contributed by atoms with Gasteiger partial charge in [0.25, 0.3) is 0 Å². The Hall–Kier alpha value is -1.74. The third-order valence-corrected chi connectivity index (χ3v) is 6.12. The Morgan fingerprint density at radius 1 is 0.607 bits per heavy atom. The number of rotatable bonds is 13. The van der Waals surface area contributed by atoms with Crippen LogP contribution in [0.2, 0.25) is 0 Å². The molecule has 28 heavy (non-hydrogen) atoms. The largest absolute Gasteiger partial charge is 0.373 e. The van der Waals surface area contributed by atoms with E-state index >= 15 is 0 Å². The first-order valence-electron chi connectivity index (χ1n) is 8.13. The molecule has 6 nitrogen and oxygen atoms in total. The Balaban J connectivity index is 5.48. The molecule has 154 valence electrons. The zero-order valence-electron chi connectivity index (χ0n) is 16.6. The van der Waals surface area contributed by atoms with E-state index in [0.717, 1.165) is 21.6 Å². The van der Waals surface area contributed by atoms with E-state index < -0.39 is 34.3 Å². The van der Waals surface area contributed by atoms with Crippen molar-refractivity contribution in [1.29, 1.82) is 0 Å². The van der Waals surface area contributed by atoms with Crippen LogP contribution in [0.15, 0.2) is 48.6 Å². The normalized spacial score (nSPS) is 11.5. The van der Waals surface area contributed by atoms with Crippen LogP contribution in [-0.2, 0) is 19.2 Å². The van der Waals surface area contributed by atoms with Gasteiger partial charge in [-0.1, -0.05) is 47.9 Å². The molecular formula is C20H26O6S2. The van der Waals surface area contributed by atoms with E-state index in [1.165, 1.54) is 27.7 Å². The van der Waals surface area contributed by atoms with Crippen molar-refractivity contribution in [3.8, 4) is 0 Å². The van der Waals surface area contributed by atoms with Crippen molar-refractivity contribution in [2.75, 3.05) is 11.5 Å². The third kappa shape index (κ3) is 5.88. The maximum atomic E-state index is 12.3. The second-order valence-electron chi connectivity index (χ2n) is 6.68. The van der Waals surface area contributed by atoms with Gasteiger partial charge in [0, 0.05) is 11.5 Å². The SMILES string of the molecule is C=C(C)C(=O)C(O)(CSSCC(O)(C(=O)C(=C)C)C(=O)C(=C)C)C(=O)C(=C)C. The van der Waals surface area contributed by atoms with Crippen LogP contribution in [0.3, 0.4) is 0 Å². The van der Waals surface area contributed by atoms with E-state index in [0.29, 0.717) is 0 Å². The van der Waals surface area contributed by atoms with Gasteiger partial charge >= 0.3 is 0 Å². The summed E-state index contributed by atoms with van der Waals surface area (Å²) >= 11 is 0. The van der Waals surface area contributed by atoms with Crippen molar-refractivity contribution in [2.45, 2.75) is 38.9 Å². The number of hydrogen-bond donors (Lipinski definition) is 2. The van der Waals surface area contributed by atoms with Crippen molar-refractivity contribution in [3.63, 3.8) is 0 Å². The third-order valence-electron chi connectivity index (χ3n) is 3.67. The van der Waals surface area contributed by atoms with E-state index in [-0.39, 0.29) is 33.8 Å². The lowest BCUT2D eigenvalue weighted by molar-refractivity contribution is -0.144. The molecule has 0 saturated heterocycles. The first-order valence-corrected chi connectivity index (χ1v) is 10.6. The van der Waals surface area contributed by atoms with E-state index in [1.54, 1.807) is 0 Å². The molecule has 0 radical (unpaired) electrons. The summed E-state index contributed by atoms with van der Waals surface area (Å²) in [6, 6.07) is 0. The van der Waals surface area contributed by atoms with Gasteiger partial charge in [-0.05, 0) is 50.0 Å². The second-order valence-corrected chi connectivity index (χ2v) is 9.15. The molecule has 8 heteroatoms. The van der Waals surface area contributed by atoms with Crippen molar-refractivity contribution in [3.05, 3.63) is 48.6 Å². The van der Waals surface area contributed by atoms with Crippen molar-refractivity contribution in [2.24, 2.45) is 0 Å². The monoisotopic (exact) mass is 426 g/mol. The van der Waals surface area contributed by atoms with Crippen LogP contribution in [-0.4, -0.2) is 56.1 Å². The smallest absolute Gasteiger partial charge is 0.199 e. The summed E-state index contributed by atoms with van der Waals surface area (Å²) in [5, 5.41) is 21.3. The van der Waals surface area contributed by atoms with Gasteiger partial charge in [-0.25, -0.2) is 0 Å². The fraction of sp³-hybridized carbons (Fsp3) is 0.400. The molecule has 0 aromatic heterocycles. The molecule has 0 saturated carbocycles. The van der Waals surface area contributed by atoms with Gasteiger partial charge < -0.3 is 10.2 Å². The van der Waals surface area contributed by atoms with Crippen LogP contribution in [0, 0.1) is 0 Å². The van der Waals surface area contributed by atoms with Crippen molar-refractivity contribution >= 4 is 44.7 Å². The van der Waals surface area contributed by atoms with Gasteiger partial charge in [-0.3, -0.25) is 19.2 Å². The number of ketones is 4. The molecular weight excluding hydrogens is 400 g/mol. The summed E-state index contributed by atoms with van der Waals surface area (Å²) in [7, 11) is 1.71. The summed E-state index contributed by atoms with van der Waals surface area (Å²) in [5.41, 5.74) is -4.76. The molecule has 0 fully saturated rings. The average Bonchev–Trinajstić information content (AvgIpc) is 2.61. The Labute approximate surface area is 173 Å². The van der Waals surface area contributed by atoms with Gasteiger partial charge in [0.2, 0.25) is 0 Å². The molecule has 0 amide bonds. The molecule has 0 spiro atoms. The standard InChI is InChI=1S/C20H26O6S2/c1-11(2)15(21)19(25,16(22)12(3)4)9-27-28-10-20(26,17(23)13(5)6)18(24)14(7)8/h25-26H,1,3,5,7,9-10H2,2,4,6,8H3. The highest BCUT2D eigenvalue weighted by molar-refractivity contribution is 8.76. The predicted octanol–water partition coefficient (Wildman–Crippen LogP) is 2.41. The van der Waals surface area contributed by atoms with Crippen LogP contribution in [0.25, 0.3) is 0 Å². The predicted molar refractivity (Wildman–Crippen MR) is 114 cm³/mol. The molecule has 0 aliphatic rings. The molecule has 0 aliphatic heterocycles. The highest BCUT2D eigenvalue weighted by Crippen LogP contribution is 2.33. The Morgan fingerprint density at radius 2 is 0.786 bits per heavy atom.